The van der Waals surface area contributed by atoms with Crippen molar-refractivity contribution in [2.24, 2.45) is 0 Å². The Morgan fingerprint density at radius 3 is 2.94 bits per heavy atom. The van der Waals surface area contributed by atoms with Crippen LogP contribution in [-0.4, -0.2) is 17.7 Å². The zero-order valence-electron chi connectivity index (χ0n) is 8.97. The van der Waals surface area contributed by atoms with Crippen molar-refractivity contribution in [2.75, 3.05) is 6.54 Å². The average Bonchev–Trinajstić information content (AvgIpc) is 2.31. The summed E-state index contributed by atoms with van der Waals surface area (Å²) in [5.74, 6) is -0.768. The number of rotatable bonds is 2. The molecule has 1 saturated heterocycles. The normalized spacial score (nSPS) is 21.0. The second-order valence-corrected chi connectivity index (χ2v) is 5.06. The Hall–Kier alpha value is -0.610. The van der Waals surface area contributed by atoms with E-state index in [0.29, 0.717) is 18.0 Å². The van der Waals surface area contributed by atoms with E-state index in [0.717, 1.165) is 17.4 Å². The van der Waals surface area contributed by atoms with Crippen LogP contribution in [0.1, 0.15) is 24.8 Å². The van der Waals surface area contributed by atoms with Gasteiger partial charge in [0.1, 0.15) is 0 Å². The highest BCUT2D eigenvalue weighted by molar-refractivity contribution is 9.10. The fourth-order valence-electron chi connectivity index (χ4n) is 2.12. The van der Waals surface area contributed by atoms with Gasteiger partial charge in [-0.15, -0.1) is 0 Å². The minimum Gasteiger partial charge on any atom is -0.505 e. The highest BCUT2D eigenvalue weighted by Gasteiger charge is 2.18. The molecule has 4 heteroatoms. The summed E-state index contributed by atoms with van der Waals surface area (Å²) in [5.41, 5.74) is 0.666. The first-order chi connectivity index (χ1) is 7.68. The summed E-state index contributed by atoms with van der Waals surface area (Å²) in [4.78, 5) is 0. The zero-order chi connectivity index (χ0) is 11.5. The van der Waals surface area contributed by atoms with Gasteiger partial charge >= 0.3 is 0 Å². The van der Waals surface area contributed by atoms with Crippen molar-refractivity contribution in [2.45, 2.75) is 31.7 Å². The lowest BCUT2D eigenvalue weighted by atomic mass is 9.97. The van der Waals surface area contributed by atoms with Crippen molar-refractivity contribution < 1.29 is 9.50 Å². The summed E-state index contributed by atoms with van der Waals surface area (Å²) in [5, 5.41) is 13.1. The fourth-order valence-corrected chi connectivity index (χ4v) is 2.60. The Morgan fingerprint density at radius 2 is 2.25 bits per heavy atom. The topological polar surface area (TPSA) is 32.3 Å². The maximum absolute atomic E-state index is 13.2. The Morgan fingerprint density at radius 1 is 1.44 bits per heavy atom. The molecule has 1 aromatic rings. The predicted molar refractivity (Wildman–Crippen MR) is 65.1 cm³/mol. The minimum atomic E-state index is -0.547. The maximum atomic E-state index is 13.2. The first-order valence-corrected chi connectivity index (χ1v) is 6.37. The molecule has 1 heterocycles. The number of aromatic hydroxyl groups is 1. The van der Waals surface area contributed by atoms with Crippen molar-refractivity contribution in [3.05, 3.63) is 28.0 Å². The zero-order valence-corrected chi connectivity index (χ0v) is 10.6. The number of halogens is 2. The lowest BCUT2D eigenvalue weighted by molar-refractivity contribution is 0.384. The van der Waals surface area contributed by atoms with Gasteiger partial charge in [-0.2, -0.15) is 0 Å². The van der Waals surface area contributed by atoms with Crippen LogP contribution in [0.25, 0.3) is 0 Å². The average molecular weight is 288 g/mol. The SMILES string of the molecule is Oc1c(F)ccc(Br)c1CC1CCCCN1. The van der Waals surface area contributed by atoms with Crippen LogP contribution in [0.3, 0.4) is 0 Å². The van der Waals surface area contributed by atoms with E-state index in [1.165, 1.54) is 18.9 Å². The molecule has 0 aliphatic carbocycles. The Balaban J connectivity index is 2.16. The number of piperidine rings is 1. The van der Waals surface area contributed by atoms with Gasteiger partial charge in [0.2, 0.25) is 0 Å². The van der Waals surface area contributed by atoms with E-state index >= 15 is 0 Å². The molecule has 0 aromatic heterocycles. The molecule has 0 bridgehead atoms. The minimum absolute atomic E-state index is 0.221. The Labute approximate surface area is 103 Å². The van der Waals surface area contributed by atoms with Crippen molar-refractivity contribution in [3.8, 4) is 5.75 Å². The molecule has 2 rings (SSSR count). The van der Waals surface area contributed by atoms with Gasteiger partial charge in [0.25, 0.3) is 0 Å². The summed E-state index contributed by atoms with van der Waals surface area (Å²) in [6, 6.07) is 3.27. The molecular formula is C12H15BrFNO. The van der Waals surface area contributed by atoms with E-state index in [4.69, 9.17) is 0 Å². The molecular weight excluding hydrogens is 273 g/mol. The van der Waals surface area contributed by atoms with Gasteiger partial charge in [-0.05, 0) is 37.9 Å². The summed E-state index contributed by atoms with van der Waals surface area (Å²) >= 11 is 3.35. The molecule has 1 aliphatic heterocycles. The van der Waals surface area contributed by atoms with Crippen molar-refractivity contribution in [1.29, 1.82) is 0 Å². The predicted octanol–water partition coefficient (Wildman–Crippen LogP) is 2.98. The molecule has 0 radical (unpaired) electrons. The van der Waals surface area contributed by atoms with Crippen molar-refractivity contribution >= 4 is 15.9 Å². The van der Waals surface area contributed by atoms with E-state index in [9.17, 15) is 9.50 Å². The Kier molecular flexibility index (Phi) is 3.82. The summed E-state index contributed by atoms with van der Waals surface area (Å²) in [6.45, 7) is 1.01. The first-order valence-electron chi connectivity index (χ1n) is 5.57. The summed E-state index contributed by atoms with van der Waals surface area (Å²) < 4.78 is 14.0. The van der Waals surface area contributed by atoms with Crippen LogP contribution in [0.15, 0.2) is 16.6 Å². The van der Waals surface area contributed by atoms with Gasteiger partial charge in [0.05, 0.1) is 0 Å². The van der Waals surface area contributed by atoms with Crippen LogP contribution in [0, 0.1) is 5.82 Å². The third-order valence-corrected chi connectivity index (χ3v) is 3.78. The highest BCUT2D eigenvalue weighted by Crippen LogP contribution is 2.30. The number of hydrogen-bond acceptors (Lipinski definition) is 2. The number of nitrogens with one attached hydrogen (secondary N) is 1. The molecule has 2 N–H and O–H groups in total. The largest absolute Gasteiger partial charge is 0.505 e. The molecule has 88 valence electrons. The van der Waals surface area contributed by atoms with Crippen LogP contribution in [-0.2, 0) is 6.42 Å². The lowest BCUT2D eigenvalue weighted by Gasteiger charge is -2.24. The standard InChI is InChI=1S/C12H15BrFNO/c13-10-4-5-11(14)12(16)9(10)7-8-3-1-2-6-15-8/h4-5,8,15-16H,1-3,6-7H2. The quantitative estimate of drug-likeness (QED) is 0.877. The van der Waals surface area contributed by atoms with Crippen LogP contribution in [0.5, 0.6) is 5.75 Å². The summed E-state index contributed by atoms with van der Waals surface area (Å²) in [6.07, 6.45) is 4.16. The smallest absolute Gasteiger partial charge is 0.165 e. The number of benzene rings is 1. The molecule has 0 amide bonds. The second kappa shape index (κ2) is 5.15. The molecule has 0 spiro atoms. The number of phenolic OH excluding ortho intramolecular Hbond substituents is 1. The molecule has 0 saturated carbocycles. The molecule has 2 nitrogen and oxygen atoms in total. The maximum Gasteiger partial charge on any atom is 0.165 e. The van der Waals surface area contributed by atoms with E-state index < -0.39 is 5.82 Å². The molecule has 1 fully saturated rings. The van der Waals surface area contributed by atoms with Crippen LogP contribution < -0.4 is 5.32 Å². The van der Waals surface area contributed by atoms with E-state index in [1.54, 1.807) is 6.07 Å². The van der Waals surface area contributed by atoms with Gasteiger partial charge in [0, 0.05) is 16.1 Å². The number of hydrogen-bond donors (Lipinski definition) is 2. The van der Waals surface area contributed by atoms with Gasteiger partial charge < -0.3 is 10.4 Å². The molecule has 1 atom stereocenters. The number of phenols is 1. The first kappa shape index (κ1) is 11.9. The monoisotopic (exact) mass is 287 g/mol. The van der Waals surface area contributed by atoms with Crippen LogP contribution in [0.2, 0.25) is 0 Å². The van der Waals surface area contributed by atoms with E-state index in [-0.39, 0.29) is 5.75 Å². The Bertz CT molecular complexity index is 378. The van der Waals surface area contributed by atoms with E-state index in [1.807, 2.05) is 0 Å². The lowest BCUT2D eigenvalue weighted by Crippen LogP contribution is -2.35. The highest BCUT2D eigenvalue weighted by atomic mass is 79.9. The van der Waals surface area contributed by atoms with Gasteiger partial charge in [-0.25, -0.2) is 4.39 Å². The molecule has 1 aromatic carbocycles. The third kappa shape index (κ3) is 2.55. The van der Waals surface area contributed by atoms with E-state index in [2.05, 4.69) is 21.2 Å². The van der Waals surface area contributed by atoms with Crippen molar-refractivity contribution in [1.82, 2.24) is 5.32 Å². The summed E-state index contributed by atoms with van der Waals surface area (Å²) in [7, 11) is 0. The second-order valence-electron chi connectivity index (χ2n) is 4.21. The third-order valence-electron chi connectivity index (χ3n) is 3.04. The molecule has 1 unspecified atom stereocenters. The van der Waals surface area contributed by atoms with Crippen LogP contribution in [0.4, 0.5) is 4.39 Å². The van der Waals surface area contributed by atoms with Crippen molar-refractivity contribution in [3.63, 3.8) is 0 Å². The van der Waals surface area contributed by atoms with Gasteiger partial charge in [0.15, 0.2) is 11.6 Å². The molecule has 16 heavy (non-hydrogen) atoms. The van der Waals surface area contributed by atoms with Gasteiger partial charge in [-0.1, -0.05) is 22.4 Å². The fraction of sp³-hybridized carbons (Fsp3) is 0.500. The van der Waals surface area contributed by atoms with Crippen LogP contribution >= 0.6 is 15.9 Å². The molecule has 1 aliphatic rings. The van der Waals surface area contributed by atoms with Gasteiger partial charge in [-0.3, -0.25) is 0 Å².